The van der Waals surface area contributed by atoms with Crippen molar-refractivity contribution in [1.29, 1.82) is 0 Å². The van der Waals surface area contributed by atoms with E-state index >= 15 is 0 Å². The molecule has 3 saturated heterocycles. The van der Waals surface area contributed by atoms with Crippen LogP contribution in [0, 0.1) is 11.7 Å². The summed E-state index contributed by atoms with van der Waals surface area (Å²) < 4.78 is 24.7. The number of pyridine rings is 1. The summed E-state index contributed by atoms with van der Waals surface area (Å²) in [6, 6.07) is 3.70. The fraction of sp³-hybridized carbons (Fsp3) is 0.600. The van der Waals surface area contributed by atoms with E-state index in [4.69, 9.17) is 9.47 Å². The molecule has 0 radical (unpaired) electrons. The molecule has 10 nitrogen and oxygen atoms in total. The molecule has 4 aliphatic rings. The van der Waals surface area contributed by atoms with Crippen LogP contribution in [0.3, 0.4) is 0 Å². The fourth-order valence-corrected chi connectivity index (χ4v) is 5.78. The molecule has 2 aromatic heterocycles. The summed E-state index contributed by atoms with van der Waals surface area (Å²) in [5.41, 5.74) is 0.553. The molecule has 2 aromatic rings. The van der Waals surface area contributed by atoms with Gasteiger partial charge in [-0.1, -0.05) is 0 Å². The molecule has 36 heavy (non-hydrogen) atoms. The molecule has 2 atom stereocenters. The van der Waals surface area contributed by atoms with E-state index in [-0.39, 0.29) is 40.8 Å². The maximum absolute atomic E-state index is 14.3. The van der Waals surface area contributed by atoms with Gasteiger partial charge in [-0.05, 0) is 38.2 Å². The van der Waals surface area contributed by atoms with Crippen LogP contribution in [0.2, 0.25) is 0 Å². The third kappa shape index (κ3) is 4.24. The first-order valence-corrected chi connectivity index (χ1v) is 12.7. The number of methoxy groups -OCH3 is 1. The lowest BCUT2D eigenvalue weighted by atomic mass is 9.87. The predicted octanol–water partition coefficient (Wildman–Crippen LogP) is 1.59. The maximum Gasteiger partial charge on any atom is 0.272 e. The Hall–Kier alpha value is -3.05. The van der Waals surface area contributed by atoms with Crippen molar-refractivity contribution in [3.63, 3.8) is 0 Å². The Morgan fingerprint density at radius 3 is 2.81 bits per heavy atom. The van der Waals surface area contributed by atoms with Crippen molar-refractivity contribution in [2.24, 2.45) is 5.92 Å². The quantitative estimate of drug-likeness (QED) is 0.622. The number of likely N-dealkylation sites (tertiary alicyclic amines) is 2. The van der Waals surface area contributed by atoms with Crippen molar-refractivity contribution in [2.45, 2.75) is 49.7 Å². The molecule has 6 rings (SSSR count). The van der Waals surface area contributed by atoms with Crippen LogP contribution in [0.15, 0.2) is 18.3 Å². The lowest BCUT2D eigenvalue weighted by Gasteiger charge is -2.39. The van der Waals surface area contributed by atoms with Gasteiger partial charge in [0.25, 0.3) is 5.91 Å². The van der Waals surface area contributed by atoms with Gasteiger partial charge in [0, 0.05) is 48.8 Å². The summed E-state index contributed by atoms with van der Waals surface area (Å²) in [7, 11) is 1.45. The van der Waals surface area contributed by atoms with E-state index < -0.39 is 5.82 Å². The minimum absolute atomic E-state index is 0.0895. The lowest BCUT2D eigenvalue weighted by Crippen LogP contribution is -2.52. The van der Waals surface area contributed by atoms with E-state index in [9.17, 15) is 14.0 Å². The van der Waals surface area contributed by atoms with E-state index in [0.717, 1.165) is 51.8 Å². The number of aromatic amines is 1. The van der Waals surface area contributed by atoms with Crippen LogP contribution in [0.4, 0.5) is 4.39 Å². The second-order valence-electron chi connectivity index (χ2n) is 10.4. The predicted molar refractivity (Wildman–Crippen MR) is 127 cm³/mol. The van der Waals surface area contributed by atoms with Crippen LogP contribution in [0.5, 0.6) is 5.88 Å². The number of amides is 2. The van der Waals surface area contributed by atoms with Gasteiger partial charge in [0.05, 0.1) is 38.3 Å². The third-order valence-corrected chi connectivity index (χ3v) is 8.17. The Kier molecular flexibility index (Phi) is 5.91. The number of rotatable bonds is 6. The standard InChI is InChI=1S/C25H31FN6O4/c1-35-22-8-18(19(26)11-27-22)20-9-21(30-29-20)24(34)32-7-2-15(10-25(32)4-5-25)23(33)28-16-3-6-31(12-16)17-13-36-14-17/h8-9,11,15-17H,2-7,10,12-14H2,1H3,(H,28,33)(H,29,30). The van der Waals surface area contributed by atoms with Gasteiger partial charge in [-0.15, -0.1) is 0 Å². The highest BCUT2D eigenvalue weighted by atomic mass is 19.1. The number of aromatic nitrogens is 3. The number of halogens is 1. The summed E-state index contributed by atoms with van der Waals surface area (Å²) in [5, 5.41) is 10.2. The molecule has 3 aliphatic heterocycles. The number of H-pyrrole nitrogens is 1. The summed E-state index contributed by atoms with van der Waals surface area (Å²) in [6.07, 6.45) is 5.12. The molecule has 4 fully saturated rings. The van der Waals surface area contributed by atoms with Crippen LogP contribution in [0.1, 0.15) is 42.6 Å². The molecule has 2 unspecified atom stereocenters. The smallest absolute Gasteiger partial charge is 0.272 e. The zero-order valence-electron chi connectivity index (χ0n) is 20.3. The molecule has 0 bridgehead atoms. The van der Waals surface area contributed by atoms with Crippen molar-refractivity contribution in [3.05, 3.63) is 29.8 Å². The highest BCUT2D eigenvalue weighted by Gasteiger charge is 2.54. The molecule has 2 amide bonds. The normalized spacial score (nSPS) is 25.6. The van der Waals surface area contributed by atoms with Crippen molar-refractivity contribution in [1.82, 2.24) is 30.3 Å². The van der Waals surface area contributed by atoms with Gasteiger partial charge < -0.3 is 19.7 Å². The van der Waals surface area contributed by atoms with Crippen LogP contribution >= 0.6 is 0 Å². The number of ether oxygens (including phenoxy) is 2. The first kappa shape index (κ1) is 23.4. The van der Waals surface area contributed by atoms with E-state index in [2.05, 4.69) is 25.4 Å². The van der Waals surface area contributed by atoms with Crippen molar-refractivity contribution in [2.75, 3.05) is 40.0 Å². The van der Waals surface area contributed by atoms with Crippen LogP contribution in [-0.2, 0) is 9.53 Å². The molecule has 1 spiro atoms. The van der Waals surface area contributed by atoms with E-state index in [1.165, 1.54) is 13.2 Å². The Morgan fingerprint density at radius 2 is 2.08 bits per heavy atom. The number of hydrogen-bond donors (Lipinski definition) is 2. The van der Waals surface area contributed by atoms with Crippen LogP contribution in [-0.4, -0.2) is 94.4 Å². The largest absolute Gasteiger partial charge is 0.481 e. The number of carbonyl (C=O) groups excluding carboxylic acids is 2. The van der Waals surface area contributed by atoms with Crippen molar-refractivity contribution >= 4 is 11.8 Å². The zero-order valence-corrected chi connectivity index (χ0v) is 20.3. The summed E-state index contributed by atoms with van der Waals surface area (Å²) in [6.45, 7) is 3.98. The highest BCUT2D eigenvalue weighted by Crippen LogP contribution is 2.50. The average molecular weight is 499 g/mol. The second-order valence-corrected chi connectivity index (χ2v) is 10.4. The monoisotopic (exact) mass is 498 g/mol. The number of piperidine rings is 1. The van der Waals surface area contributed by atoms with Gasteiger partial charge in [0.2, 0.25) is 11.8 Å². The second kappa shape index (κ2) is 9.11. The zero-order chi connectivity index (χ0) is 24.9. The molecular weight excluding hydrogens is 467 g/mol. The Balaban J connectivity index is 1.09. The van der Waals surface area contributed by atoms with Crippen molar-refractivity contribution in [3.8, 4) is 17.1 Å². The third-order valence-electron chi connectivity index (χ3n) is 8.17. The SMILES string of the molecule is COc1cc(-c2cc(C(=O)N3CCC(C(=O)NC4CCN(C5COC5)C4)CC34CC4)[nH]n2)c(F)cn1. The van der Waals surface area contributed by atoms with Gasteiger partial charge in [0.1, 0.15) is 5.69 Å². The molecule has 11 heteroatoms. The first-order chi connectivity index (χ1) is 17.5. The summed E-state index contributed by atoms with van der Waals surface area (Å²) in [5.74, 6) is -0.426. The van der Waals surface area contributed by atoms with E-state index in [0.29, 0.717) is 36.8 Å². The van der Waals surface area contributed by atoms with Gasteiger partial charge in [-0.25, -0.2) is 9.37 Å². The van der Waals surface area contributed by atoms with E-state index in [1.807, 2.05) is 4.90 Å². The number of nitrogens with one attached hydrogen (secondary N) is 2. The minimum atomic E-state index is -0.543. The molecular formula is C25H31FN6O4. The molecule has 0 aromatic carbocycles. The fourth-order valence-electron chi connectivity index (χ4n) is 5.78. The minimum Gasteiger partial charge on any atom is -0.481 e. The van der Waals surface area contributed by atoms with Gasteiger partial charge in [0.15, 0.2) is 5.82 Å². The van der Waals surface area contributed by atoms with Gasteiger partial charge in [-0.3, -0.25) is 19.6 Å². The number of carbonyl (C=O) groups is 2. The Labute approximate surface area is 208 Å². The summed E-state index contributed by atoms with van der Waals surface area (Å²) in [4.78, 5) is 34.6. The highest BCUT2D eigenvalue weighted by molar-refractivity contribution is 5.94. The summed E-state index contributed by atoms with van der Waals surface area (Å²) >= 11 is 0. The first-order valence-electron chi connectivity index (χ1n) is 12.7. The number of hydrogen-bond acceptors (Lipinski definition) is 7. The lowest BCUT2D eigenvalue weighted by molar-refractivity contribution is -0.128. The van der Waals surface area contributed by atoms with Gasteiger partial charge >= 0.3 is 0 Å². The Morgan fingerprint density at radius 1 is 1.25 bits per heavy atom. The molecule has 1 aliphatic carbocycles. The van der Waals surface area contributed by atoms with E-state index in [1.54, 1.807) is 6.07 Å². The molecule has 192 valence electrons. The van der Waals surface area contributed by atoms with Crippen molar-refractivity contribution < 1.29 is 23.5 Å². The average Bonchev–Trinajstić information content (AvgIpc) is 3.22. The Bertz CT molecular complexity index is 1160. The van der Waals surface area contributed by atoms with Crippen LogP contribution in [0.25, 0.3) is 11.3 Å². The topological polar surface area (TPSA) is 113 Å². The maximum atomic E-state index is 14.3. The van der Waals surface area contributed by atoms with Gasteiger partial charge in [-0.2, -0.15) is 5.10 Å². The molecule has 2 N–H and O–H groups in total. The molecule has 5 heterocycles. The van der Waals surface area contributed by atoms with Crippen LogP contribution < -0.4 is 10.1 Å². The molecule has 1 saturated carbocycles. The number of nitrogens with zero attached hydrogens (tertiary/aromatic N) is 4.